The largest absolute Gasteiger partial charge is 0.504 e. The van der Waals surface area contributed by atoms with E-state index in [9.17, 15) is 5.11 Å². The first kappa shape index (κ1) is 16.4. The van der Waals surface area contributed by atoms with Gasteiger partial charge in [-0.1, -0.05) is 25.5 Å². The fourth-order valence-electron chi connectivity index (χ4n) is 2.41. The van der Waals surface area contributed by atoms with Gasteiger partial charge in [0.2, 0.25) is 0 Å². The third-order valence-electron chi connectivity index (χ3n) is 3.59. The Balaban J connectivity index is 2.34. The van der Waals surface area contributed by atoms with Gasteiger partial charge >= 0.3 is 0 Å². The molecule has 0 spiro atoms. The van der Waals surface area contributed by atoms with Crippen molar-refractivity contribution >= 4 is 0 Å². The van der Waals surface area contributed by atoms with E-state index in [1.54, 1.807) is 0 Å². The molecule has 0 aliphatic heterocycles. The quantitative estimate of drug-likeness (QED) is 0.827. The number of benzene rings is 1. The highest BCUT2D eigenvalue weighted by Crippen LogP contribution is 2.35. The van der Waals surface area contributed by atoms with Crippen LogP contribution < -0.4 is 4.74 Å². The molecule has 0 amide bonds. The summed E-state index contributed by atoms with van der Waals surface area (Å²) in [6, 6.07) is 7.75. The van der Waals surface area contributed by atoms with Crippen LogP contribution in [0.5, 0.6) is 11.5 Å². The van der Waals surface area contributed by atoms with Crippen molar-refractivity contribution in [2.45, 2.75) is 53.0 Å². The summed E-state index contributed by atoms with van der Waals surface area (Å²) in [5.74, 6) is 1.05. The Labute approximate surface area is 132 Å². The van der Waals surface area contributed by atoms with Crippen molar-refractivity contribution in [2.24, 2.45) is 0 Å². The van der Waals surface area contributed by atoms with Gasteiger partial charge in [0.25, 0.3) is 0 Å². The first-order chi connectivity index (χ1) is 10.3. The molecule has 0 bridgehead atoms. The standard InChI is InChI=1S/C18H26N2O2/c1-6-7-11-22-15-10-8-9-14(12-15)16-17(21)13(2)20(19-16)18(3,4)5/h8-10,12,21H,6-7,11H2,1-5H3. The summed E-state index contributed by atoms with van der Waals surface area (Å²) >= 11 is 0. The zero-order valence-electron chi connectivity index (χ0n) is 14.2. The molecule has 0 saturated carbocycles. The van der Waals surface area contributed by atoms with E-state index in [4.69, 9.17) is 4.74 Å². The molecule has 0 fully saturated rings. The second-order valence-electron chi connectivity index (χ2n) is 6.60. The minimum atomic E-state index is -0.172. The van der Waals surface area contributed by atoms with Crippen LogP contribution in [0.1, 0.15) is 46.2 Å². The Morgan fingerprint density at radius 2 is 2.00 bits per heavy atom. The highest BCUT2D eigenvalue weighted by molar-refractivity contribution is 5.68. The maximum atomic E-state index is 10.4. The predicted molar refractivity (Wildman–Crippen MR) is 89.5 cm³/mol. The second kappa shape index (κ2) is 6.42. The molecule has 2 rings (SSSR count). The second-order valence-corrected chi connectivity index (χ2v) is 6.60. The molecule has 0 saturated heterocycles. The van der Waals surface area contributed by atoms with Gasteiger partial charge in [0.05, 0.1) is 17.8 Å². The van der Waals surface area contributed by atoms with Crippen LogP contribution in [0.3, 0.4) is 0 Å². The molecule has 0 unspecified atom stereocenters. The Morgan fingerprint density at radius 3 is 2.59 bits per heavy atom. The van der Waals surface area contributed by atoms with E-state index in [-0.39, 0.29) is 11.3 Å². The van der Waals surface area contributed by atoms with Crippen molar-refractivity contribution in [3.8, 4) is 22.8 Å². The van der Waals surface area contributed by atoms with Crippen molar-refractivity contribution < 1.29 is 9.84 Å². The molecular formula is C18H26N2O2. The SMILES string of the molecule is CCCCOc1cccc(-c2nn(C(C)(C)C)c(C)c2O)c1. The minimum absolute atomic E-state index is 0.172. The van der Waals surface area contributed by atoms with E-state index in [1.807, 2.05) is 35.9 Å². The third kappa shape index (κ3) is 3.43. The van der Waals surface area contributed by atoms with Gasteiger partial charge in [0.1, 0.15) is 11.4 Å². The number of ether oxygens (including phenoxy) is 1. The predicted octanol–water partition coefficient (Wildman–Crippen LogP) is 4.50. The summed E-state index contributed by atoms with van der Waals surface area (Å²) < 4.78 is 7.60. The monoisotopic (exact) mass is 302 g/mol. The van der Waals surface area contributed by atoms with Crippen LogP contribution in [-0.4, -0.2) is 21.5 Å². The third-order valence-corrected chi connectivity index (χ3v) is 3.59. The summed E-state index contributed by atoms with van der Waals surface area (Å²) in [6.07, 6.45) is 2.14. The van der Waals surface area contributed by atoms with Gasteiger partial charge in [-0.25, -0.2) is 0 Å². The van der Waals surface area contributed by atoms with Crippen LogP contribution in [0.25, 0.3) is 11.3 Å². The number of aromatic hydroxyl groups is 1. The van der Waals surface area contributed by atoms with Gasteiger partial charge in [-0.05, 0) is 46.2 Å². The van der Waals surface area contributed by atoms with Crippen molar-refractivity contribution in [1.82, 2.24) is 9.78 Å². The molecule has 2 aromatic rings. The topological polar surface area (TPSA) is 47.3 Å². The fourth-order valence-corrected chi connectivity index (χ4v) is 2.41. The molecule has 1 N–H and O–H groups in total. The van der Waals surface area contributed by atoms with Gasteiger partial charge in [0.15, 0.2) is 5.75 Å². The number of unbranched alkanes of at least 4 members (excludes halogenated alkanes) is 1. The van der Waals surface area contributed by atoms with Crippen molar-refractivity contribution in [3.05, 3.63) is 30.0 Å². The van der Waals surface area contributed by atoms with E-state index in [1.165, 1.54) is 0 Å². The lowest BCUT2D eigenvalue weighted by Gasteiger charge is -2.20. The number of hydrogen-bond donors (Lipinski definition) is 1. The Bertz CT molecular complexity index is 639. The summed E-state index contributed by atoms with van der Waals surface area (Å²) in [5.41, 5.74) is 2.08. The van der Waals surface area contributed by atoms with Gasteiger partial charge < -0.3 is 9.84 Å². The number of aromatic nitrogens is 2. The van der Waals surface area contributed by atoms with Crippen LogP contribution in [0.15, 0.2) is 24.3 Å². The molecule has 0 aliphatic rings. The fraction of sp³-hybridized carbons (Fsp3) is 0.500. The van der Waals surface area contributed by atoms with E-state index in [2.05, 4.69) is 32.8 Å². The molecule has 0 aliphatic carbocycles. The summed E-state index contributed by atoms with van der Waals surface area (Å²) in [6.45, 7) is 10.9. The zero-order chi connectivity index (χ0) is 16.3. The minimum Gasteiger partial charge on any atom is -0.504 e. The molecular weight excluding hydrogens is 276 g/mol. The first-order valence-corrected chi connectivity index (χ1v) is 7.87. The van der Waals surface area contributed by atoms with Gasteiger partial charge in [-0.2, -0.15) is 5.10 Å². The van der Waals surface area contributed by atoms with Crippen LogP contribution in [-0.2, 0) is 5.54 Å². The lowest BCUT2D eigenvalue weighted by Crippen LogP contribution is -2.24. The first-order valence-electron chi connectivity index (χ1n) is 7.87. The summed E-state index contributed by atoms with van der Waals surface area (Å²) in [4.78, 5) is 0. The zero-order valence-corrected chi connectivity index (χ0v) is 14.2. The normalized spacial score (nSPS) is 11.7. The van der Waals surface area contributed by atoms with Crippen molar-refractivity contribution in [2.75, 3.05) is 6.61 Å². The van der Waals surface area contributed by atoms with Crippen LogP contribution >= 0.6 is 0 Å². The average molecular weight is 302 g/mol. The van der Waals surface area contributed by atoms with E-state index in [0.29, 0.717) is 12.3 Å². The molecule has 4 nitrogen and oxygen atoms in total. The van der Waals surface area contributed by atoms with Gasteiger partial charge in [0, 0.05) is 5.56 Å². The maximum absolute atomic E-state index is 10.4. The molecule has 1 aromatic heterocycles. The summed E-state index contributed by atoms with van der Waals surface area (Å²) in [7, 11) is 0. The molecule has 120 valence electrons. The van der Waals surface area contributed by atoms with Gasteiger partial charge in [-0.15, -0.1) is 0 Å². The lowest BCUT2D eigenvalue weighted by molar-refractivity contribution is 0.309. The highest BCUT2D eigenvalue weighted by atomic mass is 16.5. The number of hydrogen-bond acceptors (Lipinski definition) is 3. The molecule has 0 radical (unpaired) electrons. The molecule has 0 atom stereocenters. The average Bonchev–Trinajstić information content (AvgIpc) is 2.76. The van der Waals surface area contributed by atoms with E-state index in [0.717, 1.165) is 29.8 Å². The maximum Gasteiger partial charge on any atom is 0.164 e. The van der Waals surface area contributed by atoms with Gasteiger partial charge in [-0.3, -0.25) is 4.68 Å². The summed E-state index contributed by atoms with van der Waals surface area (Å²) in [5, 5.41) is 15.0. The molecule has 1 aromatic carbocycles. The number of rotatable bonds is 5. The molecule has 4 heteroatoms. The van der Waals surface area contributed by atoms with Crippen LogP contribution in [0.2, 0.25) is 0 Å². The Kier molecular flexibility index (Phi) is 4.79. The number of nitrogens with zero attached hydrogens (tertiary/aromatic N) is 2. The van der Waals surface area contributed by atoms with Crippen LogP contribution in [0, 0.1) is 6.92 Å². The van der Waals surface area contributed by atoms with Crippen LogP contribution in [0.4, 0.5) is 0 Å². The molecule has 1 heterocycles. The van der Waals surface area contributed by atoms with Crippen molar-refractivity contribution in [1.29, 1.82) is 0 Å². The highest BCUT2D eigenvalue weighted by Gasteiger charge is 2.23. The van der Waals surface area contributed by atoms with E-state index < -0.39 is 0 Å². The lowest BCUT2D eigenvalue weighted by atomic mass is 10.1. The molecule has 22 heavy (non-hydrogen) atoms. The smallest absolute Gasteiger partial charge is 0.164 e. The van der Waals surface area contributed by atoms with Crippen molar-refractivity contribution in [3.63, 3.8) is 0 Å². The Morgan fingerprint density at radius 1 is 1.27 bits per heavy atom. The Hall–Kier alpha value is -1.97. The van der Waals surface area contributed by atoms with E-state index >= 15 is 0 Å².